The van der Waals surface area contributed by atoms with Crippen molar-refractivity contribution in [3.63, 3.8) is 0 Å². The Morgan fingerprint density at radius 1 is 1.11 bits per heavy atom. The van der Waals surface area contributed by atoms with Crippen LogP contribution in [0.1, 0.15) is 18.7 Å². The van der Waals surface area contributed by atoms with Gasteiger partial charge in [-0.15, -0.1) is 0 Å². The third-order valence-electron chi connectivity index (χ3n) is 4.40. The van der Waals surface area contributed by atoms with E-state index in [4.69, 9.17) is 0 Å². The summed E-state index contributed by atoms with van der Waals surface area (Å²) in [6, 6.07) is 5.81. The van der Waals surface area contributed by atoms with Crippen LogP contribution in [0.2, 0.25) is 0 Å². The fourth-order valence-corrected chi connectivity index (χ4v) is 2.92. The first-order valence-electron chi connectivity index (χ1n) is 8.39. The molecule has 1 unspecified atom stereocenters. The number of alkyl halides is 3. The quantitative estimate of drug-likeness (QED) is 0.807. The van der Waals surface area contributed by atoms with Gasteiger partial charge in [-0.3, -0.25) is 9.59 Å². The first-order valence-corrected chi connectivity index (χ1v) is 8.39. The van der Waals surface area contributed by atoms with Crippen LogP contribution >= 0.6 is 0 Å². The Balaban J connectivity index is 1.71. The summed E-state index contributed by atoms with van der Waals surface area (Å²) in [5, 5.41) is 3.33. The predicted octanol–water partition coefficient (Wildman–Crippen LogP) is 1.57. The Kier molecular flexibility index (Phi) is 5.15. The van der Waals surface area contributed by atoms with Crippen LogP contribution in [0.4, 0.5) is 19.0 Å². The topological polar surface area (TPSA) is 71.3 Å². The molecule has 7 nitrogen and oxygen atoms in total. The molecule has 1 amide bonds. The number of carbonyl (C=O) groups is 1. The molecule has 3 heterocycles. The Labute approximate surface area is 153 Å². The number of rotatable bonds is 3. The molecule has 144 valence electrons. The van der Waals surface area contributed by atoms with Gasteiger partial charge >= 0.3 is 6.18 Å². The molecule has 1 aliphatic heterocycles. The van der Waals surface area contributed by atoms with Crippen molar-refractivity contribution in [1.82, 2.24) is 19.7 Å². The molecule has 0 bridgehead atoms. The molecule has 0 saturated carbocycles. The van der Waals surface area contributed by atoms with E-state index in [0.29, 0.717) is 36.9 Å². The zero-order valence-corrected chi connectivity index (χ0v) is 14.6. The molecule has 3 rings (SSSR count). The third kappa shape index (κ3) is 4.09. The van der Waals surface area contributed by atoms with Gasteiger partial charge in [0, 0.05) is 38.4 Å². The van der Waals surface area contributed by atoms with E-state index in [1.807, 2.05) is 23.1 Å². The molecular formula is C17H18F3N5O2. The van der Waals surface area contributed by atoms with Crippen LogP contribution in [0.25, 0.3) is 0 Å². The zero-order chi connectivity index (χ0) is 19.6. The van der Waals surface area contributed by atoms with E-state index in [2.05, 4.69) is 10.1 Å². The lowest BCUT2D eigenvalue weighted by molar-refractivity contribution is -0.143. The molecule has 1 atom stereocenters. The second kappa shape index (κ2) is 7.37. The summed E-state index contributed by atoms with van der Waals surface area (Å²) >= 11 is 0. The Bertz CT molecular complexity index is 861. The lowest BCUT2D eigenvalue weighted by atomic mass is 10.2. The number of hydrogen-bond donors (Lipinski definition) is 0. The fraction of sp³-hybridized carbons (Fsp3) is 0.412. The summed E-state index contributed by atoms with van der Waals surface area (Å²) in [5.74, 6) is 0.359. The van der Waals surface area contributed by atoms with Crippen LogP contribution in [0.5, 0.6) is 0 Å². The summed E-state index contributed by atoms with van der Waals surface area (Å²) in [6.07, 6.45) is -3.01. The van der Waals surface area contributed by atoms with Crippen LogP contribution in [0.3, 0.4) is 0 Å². The number of carbonyl (C=O) groups excluding carboxylic acids is 1. The van der Waals surface area contributed by atoms with Crippen LogP contribution in [0, 0.1) is 0 Å². The normalized spacial score (nSPS) is 16.3. The second-order valence-electron chi connectivity index (χ2n) is 6.18. The molecule has 0 radical (unpaired) electrons. The number of amides is 1. The van der Waals surface area contributed by atoms with E-state index < -0.39 is 29.4 Å². The summed E-state index contributed by atoms with van der Waals surface area (Å²) in [6.45, 7) is 3.23. The standard InChI is InChI=1S/C17H18F3N5O2/c1-12(25-15(26)6-5-13(22-25)17(18,19)20)16(27)24-10-8-23(9-11-24)14-4-2-3-7-21-14/h2-7,12H,8-11H2,1H3. The molecule has 1 aliphatic rings. The average Bonchev–Trinajstić information content (AvgIpc) is 2.67. The summed E-state index contributed by atoms with van der Waals surface area (Å²) in [5.41, 5.74) is -1.96. The van der Waals surface area contributed by atoms with E-state index in [9.17, 15) is 22.8 Å². The highest BCUT2D eigenvalue weighted by molar-refractivity contribution is 5.80. The van der Waals surface area contributed by atoms with Crippen molar-refractivity contribution in [3.8, 4) is 0 Å². The molecule has 1 fully saturated rings. The maximum absolute atomic E-state index is 12.8. The van der Waals surface area contributed by atoms with Gasteiger partial charge in [0.15, 0.2) is 5.69 Å². The minimum Gasteiger partial charge on any atom is -0.353 e. The van der Waals surface area contributed by atoms with Gasteiger partial charge in [0.25, 0.3) is 5.56 Å². The van der Waals surface area contributed by atoms with E-state index in [1.165, 1.54) is 11.8 Å². The molecular weight excluding hydrogens is 363 g/mol. The molecule has 1 saturated heterocycles. The highest BCUT2D eigenvalue weighted by Crippen LogP contribution is 2.26. The van der Waals surface area contributed by atoms with Gasteiger partial charge in [0.2, 0.25) is 5.91 Å². The lowest BCUT2D eigenvalue weighted by Crippen LogP contribution is -2.51. The lowest BCUT2D eigenvalue weighted by Gasteiger charge is -2.36. The minimum absolute atomic E-state index is 0.382. The Morgan fingerprint density at radius 3 is 2.41 bits per heavy atom. The number of halogens is 3. The number of pyridine rings is 1. The molecule has 0 N–H and O–H groups in total. The second-order valence-corrected chi connectivity index (χ2v) is 6.18. The van der Waals surface area contributed by atoms with Gasteiger partial charge in [-0.25, -0.2) is 9.67 Å². The molecule has 2 aromatic rings. The van der Waals surface area contributed by atoms with Crippen molar-refractivity contribution in [2.75, 3.05) is 31.1 Å². The number of aromatic nitrogens is 3. The van der Waals surface area contributed by atoms with Crippen LogP contribution in [-0.4, -0.2) is 51.8 Å². The Hall–Kier alpha value is -2.91. The SMILES string of the molecule is CC(C(=O)N1CCN(c2ccccn2)CC1)n1nc(C(F)(F)F)ccc1=O. The fourth-order valence-electron chi connectivity index (χ4n) is 2.92. The third-order valence-corrected chi connectivity index (χ3v) is 4.40. The van der Waals surface area contributed by atoms with Crippen molar-refractivity contribution in [3.05, 3.63) is 52.6 Å². The largest absolute Gasteiger partial charge is 0.435 e. The molecule has 27 heavy (non-hydrogen) atoms. The van der Waals surface area contributed by atoms with Gasteiger partial charge in [-0.1, -0.05) is 6.07 Å². The van der Waals surface area contributed by atoms with Crippen LogP contribution in [0.15, 0.2) is 41.3 Å². The Morgan fingerprint density at radius 2 is 1.81 bits per heavy atom. The smallest absolute Gasteiger partial charge is 0.353 e. The van der Waals surface area contributed by atoms with Crippen LogP contribution in [-0.2, 0) is 11.0 Å². The van der Waals surface area contributed by atoms with Crippen molar-refractivity contribution in [2.45, 2.75) is 19.1 Å². The number of anilines is 1. The number of hydrogen-bond acceptors (Lipinski definition) is 5. The first-order chi connectivity index (χ1) is 12.8. The maximum atomic E-state index is 12.8. The molecule has 10 heteroatoms. The van der Waals surface area contributed by atoms with Gasteiger partial charge < -0.3 is 9.80 Å². The molecule has 0 spiro atoms. The van der Waals surface area contributed by atoms with Gasteiger partial charge in [-0.05, 0) is 25.1 Å². The van der Waals surface area contributed by atoms with Gasteiger partial charge in [0.1, 0.15) is 11.9 Å². The van der Waals surface area contributed by atoms with Crippen molar-refractivity contribution in [1.29, 1.82) is 0 Å². The molecule has 0 aromatic carbocycles. The number of nitrogens with zero attached hydrogens (tertiary/aromatic N) is 5. The molecule has 0 aliphatic carbocycles. The highest BCUT2D eigenvalue weighted by Gasteiger charge is 2.34. The van der Waals surface area contributed by atoms with Gasteiger partial charge in [0.05, 0.1) is 0 Å². The first kappa shape index (κ1) is 18.9. The summed E-state index contributed by atoms with van der Waals surface area (Å²) < 4.78 is 39.1. The minimum atomic E-state index is -4.69. The predicted molar refractivity (Wildman–Crippen MR) is 91.2 cm³/mol. The van der Waals surface area contributed by atoms with Crippen molar-refractivity contribution >= 4 is 11.7 Å². The average molecular weight is 381 g/mol. The zero-order valence-electron chi connectivity index (χ0n) is 14.6. The van der Waals surface area contributed by atoms with E-state index in [-0.39, 0.29) is 0 Å². The van der Waals surface area contributed by atoms with Crippen LogP contribution < -0.4 is 10.5 Å². The van der Waals surface area contributed by atoms with E-state index in [1.54, 1.807) is 6.20 Å². The summed E-state index contributed by atoms with van der Waals surface area (Å²) in [7, 11) is 0. The monoisotopic (exact) mass is 381 g/mol. The van der Waals surface area contributed by atoms with Gasteiger partial charge in [-0.2, -0.15) is 18.3 Å². The highest BCUT2D eigenvalue weighted by atomic mass is 19.4. The number of piperazine rings is 1. The van der Waals surface area contributed by atoms with Crippen molar-refractivity contribution in [2.24, 2.45) is 0 Å². The summed E-state index contributed by atoms with van der Waals surface area (Å²) in [4.78, 5) is 32.4. The maximum Gasteiger partial charge on any atom is 0.435 e. The molecule has 2 aromatic heterocycles. The van der Waals surface area contributed by atoms with E-state index in [0.717, 1.165) is 11.9 Å². The van der Waals surface area contributed by atoms with Crippen molar-refractivity contribution < 1.29 is 18.0 Å². The van der Waals surface area contributed by atoms with E-state index >= 15 is 0 Å².